The molecule has 1 aliphatic heterocycles. The molecule has 2 N–H and O–H groups in total. The van der Waals surface area contributed by atoms with E-state index < -0.39 is 17.8 Å². The molecule has 4 nitrogen and oxygen atoms in total. The van der Waals surface area contributed by atoms with Crippen LogP contribution in [-0.2, 0) is 11.0 Å². The third-order valence-electron chi connectivity index (χ3n) is 4.13. The Kier molecular flexibility index (Phi) is 5.72. The molecule has 136 valence electrons. The minimum absolute atomic E-state index is 0.0197. The van der Waals surface area contributed by atoms with E-state index in [4.69, 9.17) is 12.2 Å². The number of thiocarbonyl (C=S) groups is 1. The van der Waals surface area contributed by atoms with E-state index in [9.17, 15) is 18.0 Å². The van der Waals surface area contributed by atoms with Gasteiger partial charge in [-0.05, 0) is 44.6 Å². The Morgan fingerprint density at radius 3 is 2.40 bits per heavy atom. The topological polar surface area (TPSA) is 44.4 Å². The van der Waals surface area contributed by atoms with Crippen LogP contribution in [0.2, 0.25) is 0 Å². The fraction of sp³-hybridized carbons (Fsp3) is 0.412. The zero-order valence-corrected chi connectivity index (χ0v) is 15.0. The number of nitrogens with one attached hydrogen (secondary N) is 2. The number of halogens is 3. The standard InChI is InChI=1S/C17H20F3N3OS/c1-4-23(5-2)15(24)13-10(3)21-16(25)22-14(13)11-8-6-7-9-12(11)17(18,19)20/h6-9,14H,4-5H2,1-3H3,(H2,21,22,25)/t14-/m1/s1. The number of likely N-dealkylation sites (N-methyl/N-ethyl adjacent to an activating group) is 1. The van der Waals surface area contributed by atoms with E-state index in [1.807, 2.05) is 13.8 Å². The molecule has 0 aliphatic carbocycles. The van der Waals surface area contributed by atoms with Crippen molar-refractivity contribution in [2.75, 3.05) is 13.1 Å². The molecule has 1 aromatic rings. The van der Waals surface area contributed by atoms with Crippen LogP contribution in [0, 0.1) is 0 Å². The largest absolute Gasteiger partial charge is 0.416 e. The number of amides is 1. The zero-order chi connectivity index (χ0) is 18.8. The first-order valence-electron chi connectivity index (χ1n) is 7.94. The minimum atomic E-state index is -4.53. The monoisotopic (exact) mass is 371 g/mol. The lowest BCUT2D eigenvalue weighted by Gasteiger charge is -2.34. The van der Waals surface area contributed by atoms with Crippen molar-refractivity contribution in [3.8, 4) is 0 Å². The number of rotatable bonds is 4. The summed E-state index contributed by atoms with van der Waals surface area (Å²) in [6.45, 7) is 6.22. The molecule has 0 aromatic heterocycles. The van der Waals surface area contributed by atoms with Gasteiger partial charge in [-0.1, -0.05) is 18.2 Å². The lowest BCUT2D eigenvalue weighted by molar-refractivity contribution is -0.138. The molecule has 0 radical (unpaired) electrons. The lowest BCUT2D eigenvalue weighted by Crippen LogP contribution is -2.48. The van der Waals surface area contributed by atoms with Crippen LogP contribution in [0.4, 0.5) is 13.2 Å². The molecule has 0 saturated carbocycles. The number of nitrogens with zero attached hydrogens (tertiary/aromatic N) is 1. The normalized spacial score (nSPS) is 17.8. The van der Waals surface area contributed by atoms with Crippen molar-refractivity contribution in [1.29, 1.82) is 0 Å². The molecule has 1 amide bonds. The maximum Gasteiger partial charge on any atom is 0.416 e. The van der Waals surface area contributed by atoms with Crippen LogP contribution >= 0.6 is 12.2 Å². The van der Waals surface area contributed by atoms with Gasteiger partial charge in [-0.3, -0.25) is 4.79 Å². The van der Waals surface area contributed by atoms with Crippen LogP contribution in [0.1, 0.15) is 37.9 Å². The van der Waals surface area contributed by atoms with E-state index >= 15 is 0 Å². The van der Waals surface area contributed by atoms with Crippen LogP contribution in [0.15, 0.2) is 35.5 Å². The summed E-state index contributed by atoms with van der Waals surface area (Å²) in [4.78, 5) is 14.5. The van der Waals surface area contributed by atoms with Gasteiger partial charge in [0.05, 0.1) is 17.2 Å². The van der Waals surface area contributed by atoms with Crippen LogP contribution in [0.25, 0.3) is 0 Å². The first kappa shape index (κ1) is 19.2. The Morgan fingerprint density at radius 1 is 1.24 bits per heavy atom. The lowest BCUT2D eigenvalue weighted by atomic mass is 9.91. The number of carbonyl (C=O) groups excluding carboxylic acids is 1. The third kappa shape index (κ3) is 3.95. The zero-order valence-electron chi connectivity index (χ0n) is 14.2. The van der Waals surface area contributed by atoms with E-state index in [-0.39, 0.29) is 22.2 Å². The van der Waals surface area contributed by atoms with E-state index in [1.54, 1.807) is 11.8 Å². The number of hydrogen-bond acceptors (Lipinski definition) is 2. The molecule has 0 spiro atoms. The highest BCUT2D eigenvalue weighted by Gasteiger charge is 2.39. The summed E-state index contributed by atoms with van der Waals surface area (Å²) in [5.74, 6) is -0.313. The fourth-order valence-corrected chi connectivity index (χ4v) is 3.17. The van der Waals surface area contributed by atoms with Crippen molar-refractivity contribution in [2.24, 2.45) is 0 Å². The van der Waals surface area contributed by atoms with Gasteiger partial charge >= 0.3 is 6.18 Å². The molecule has 2 rings (SSSR count). The van der Waals surface area contributed by atoms with Gasteiger partial charge in [0.25, 0.3) is 5.91 Å². The highest BCUT2D eigenvalue weighted by molar-refractivity contribution is 7.80. The van der Waals surface area contributed by atoms with Crippen molar-refractivity contribution >= 4 is 23.2 Å². The maximum absolute atomic E-state index is 13.4. The molecule has 8 heteroatoms. The summed E-state index contributed by atoms with van der Waals surface area (Å²) < 4.78 is 40.3. The molecule has 1 aromatic carbocycles. The third-order valence-corrected chi connectivity index (χ3v) is 4.35. The van der Waals surface area contributed by atoms with Crippen LogP contribution in [-0.4, -0.2) is 29.0 Å². The van der Waals surface area contributed by atoms with E-state index in [1.165, 1.54) is 18.2 Å². The molecular weight excluding hydrogens is 351 g/mol. The first-order valence-corrected chi connectivity index (χ1v) is 8.35. The summed E-state index contributed by atoms with van der Waals surface area (Å²) in [5, 5.41) is 5.86. The fourth-order valence-electron chi connectivity index (χ4n) is 2.90. The van der Waals surface area contributed by atoms with Gasteiger partial charge < -0.3 is 15.5 Å². The van der Waals surface area contributed by atoms with Crippen LogP contribution in [0.5, 0.6) is 0 Å². The summed E-state index contributed by atoms with van der Waals surface area (Å²) >= 11 is 5.10. The predicted molar refractivity (Wildman–Crippen MR) is 93.7 cm³/mol. The van der Waals surface area contributed by atoms with Gasteiger partial charge in [-0.15, -0.1) is 0 Å². The second-order valence-corrected chi connectivity index (χ2v) is 6.04. The summed E-state index contributed by atoms with van der Waals surface area (Å²) in [6.07, 6.45) is -4.53. The van der Waals surface area contributed by atoms with Crippen molar-refractivity contribution in [1.82, 2.24) is 15.5 Å². The molecular formula is C17H20F3N3OS. The second kappa shape index (κ2) is 7.43. The summed E-state index contributed by atoms with van der Waals surface area (Å²) in [7, 11) is 0. The highest BCUT2D eigenvalue weighted by Crippen LogP contribution is 2.38. The van der Waals surface area contributed by atoms with Crippen molar-refractivity contribution in [3.05, 3.63) is 46.7 Å². The van der Waals surface area contributed by atoms with Gasteiger partial charge in [-0.25, -0.2) is 0 Å². The average molecular weight is 371 g/mol. The van der Waals surface area contributed by atoms with Crippen molar-refractivity contribution in [2.45, 2.75) is 33.0 Å². The Labute approximate surface area is 150 Å². The number of carbonyl (C=O) groups is 1. The Bertz CT molecular complexity index is 711. The molecule has 0 unspecified atom stereocenters. The smallest absolute Gasteiger partial charge is 0.351 e. The first-order chi connectivity index (χ1) is 11.7. The molecule has 1 atom stereocenters. The van der Waals surface area contributed by atoms with Gasteiger partial charge in [0, 0.05) is 18.8 Å². The van der Waals surface area contributed by atoms with Crippen LogP contribution < -0.4 is 10.6 Å². The van der Waals surface area contributed by atoms with E-state index in [0.717, 1.165) is 6.07 Å². The van der Waals surface area contributed by atoms with Crippen molar-refractivity contribution in [3.63, 3.8) is 0 Å². The number of alkyl halides is 3. The summed E-state index contributed by atoms with van der Waals surface area (Å²) in [5.41, 5.74) is -0.0971. The minimum Gasteiger partial charge on any atom is -0.351 e. The average Bonchev–Trinajstić information content (AvgIpc) is 2.54. The quantitative estimate of drug-likeness (QED) is 0.797. The Morgan fingerprint density at radius 2 is 1.84 bits per heavy atom. The number of allylic oxidation sites excluding steroid dienone is 1. The van der Waals surface area contributed by atoms with Gasteiger partial charge in [-0.2, -0.15) is 13.2 Å². The maximum atomic E-state index is 13.4. The second-order valence-electron chi connectivity index (χ2n) is 5.63. The van der Waals surface area contributed by atoms with Crippen molar-refractivity contribution < 1.29 is 18.0 Å². The van der Waals surface area contributed by atoms with Gasteiger partial charge in [0.15, 0.2) is 5.11 Å². The molecule has 1 heterocycles. The Hall–Kier alpha value is -2.09. The highest BCUT2D eigenvalue weighted by atomic mass is 32.1. The van der Waals surface area contributed by atoms with Gasteiger partial charge in [0.2, 0.25) is 0 Å². The van der Waals surface area contributed by atoms with Gasteiger partial charge in [0.1, 0.15) is 0 Å². The summed E-state index contributed by atoms with van der Waals surface area (Å²) in [6, 6.07) is 4.27. The van der Waals surface area contributed by atoms with E-state index in [2.05, 4.69) is 10.6 Å². The Balaban J connectivity index is 2.60. The van der Waals surface area contributed by atoms with E-state index in [0.29, 0.717) is 18.8 Å². The predicted octanol–water partition coefficient (Wildman–Crippen LogP) is 3.37. The number of benzene rings is 1. The molecule has 0 bridgehead atoms. The number of hydrogen-bond donors (Lipinski definition) is 2. The molecule has 0 fully saturated rings. The SMILES string of the molecule is CCN(CC)C(=O)C1=C(C)NC(=S)N[C@@H]1c1ccccc1C(F)(F)F. The molecule has 25 heavy (non-hydrogen) atoms. The molecule has 1 aliphatic rings. The molecule has 0 saturated heterocycles. The van der Waals surface area contributed by atoms with Crippen LogP contribution in [0.3, 0.4) is 0 Å².